The van der Waals surface area contributed by atoms with E-state index in [-0.39, 0.29) is 5.91 Å². The first-order valence-electron chi connectivity index (χ1n) is 6.80. The molecule has 0 radical (unpaired) electrons. The molecule has 0 aromatic heterocycles. The van der Waals surface area contributed by atoms with Crippen molar-refractivity contribution in [1.82, 2.24) is 5.32 Å². The number of benzene rings is 1. The first-order chi connectivity index (χ1) is 10.0. The molecule has 1 aromatic rings. The Labute approximate surface area is 123 Å². The summed E-state index contributed by atoms with van der Waals surface area (Å²) in [5, 5.41) is 11.6. The van der Waals surface area contributed by atoms with Crippen LogP contribution < -0.4 is 10.1 Å². The highest BCUT2D eigenvalue weighted by atomic mass is 16.5. The van der Waals surface area contributed by atoms with Crippen LogP contribution in [0.4, 0.5) is 0 Å². The maximum Gasteiger partial charge on any atom is 0.332 e. The van der Waals surface area contributed by atoms with Gasteiger partial charge in [-0.3, -0.25) is 4.79 Å². The first kappa shape index (κ1) is 15.3. The number of methoxy groups -OCH3 is 1. The lowest BCUT2D eigenvalue weighted by Gasteiger charge is -2.14. The van der Waals surface area contributed by atoms with Crippen molar-refractivity contribution in [2.75, 3.05) is 7.11 Å². The largest absolute Gasteiger partial charge is 0.496 e. The predicted octanol–water partition coefficient (Wildman–Crippen LogP) is 1.25. The van der Waals surface area contributed by atoms with Crippen molar-refractivity contribution in [2.45, 2.75) is 38.5 Å². The molecule has 1 aliphatic heterocycles. The molecule has 6 heteroatoms. The van der Waals surface area contributed by atoms with Crippen molar-refractivity contribution in [3.05, 3.63) is 29.3 Å². The van der Waals surface area contributed by atoms with Crippen LogP contribution in [0.25, 0.3) is 0 Å². The summed E-state index contributed by atoms with van der Waals surface area (Å²) in [5.41, 5.74) is 1.94. The van der Waals surface area contributed by atoms with Crippen LogP contribution in [0.15, 0.2) is 18.2 Å². The Balaban J connectivity index is 1.91. The highest BCUT2D eigenvalue weighted by Crippen LogP contribution is 2.22. The Kier molecular flexibility index (Phi) is 4.80. The van der Waals surface area contributed by atoms with Gasteiger partial charge in [0.05, 0.1) is 7.11 Å². The van der Waals surface area contributed by atoms with Crippen LogP contribution in [0.1, 0.15) is 24.0 Å². The molecule has 2 atom stereocenters. The number of aryl methyl sites for hydroxylation is 1. The van der Waals surface area contributed by atoms with Gasteiger partial charge in [-0.05, 0) is 31.4 Å². The summed E-state index contributed by atoms with van der Waals surface area (Å²) in [6.45, 7) is 2.28. The van der Waals surface area contributed by atoms with Crippen LogP contribution in [0.2, 0.25) is 0 Å². The summed E-state index contributed by atoms with van der Waals surface area (Å²) in [6.07, 6.45) is -0.785. The summed E-state index contributed by atoms with van der Waals surface area (Å²) in [5.74, 6) is -0.599. The van der Waals surface area contributed by atoms with E-state index in [4.69, 9.17) is 14.6 Å². The number of aliphatic carboxylic acids is 1. The van der Waals surface area contributed by atoms with Gasteiger partial charge in [-0.15, -0.1) is 0 Å². The van der Waals surface area contributed by atoms with Gasteiger partial charge in [0.15, 0.2) is 6.10 Å². The SMILES string of the molecule is COc1cc(C)ccc1CNC(=O)[C@@H]1CC[C@H](C(=O)O)O1. The van der Waals surface area contributed by atoms with E-state index in [2.05, 4.69) is 5.32 Å². The van der Waals surface area contributed by atoms with Crippen LogP contribution in [0.5, 0.6) is 5.75 Å². The molecule has 2 N–H and O–H groups in total. The van der Waals surface area contributed by atoms with Crippen LogP contribution in [0.3, 0.4) is 0 Å². The van der Waals surface area contributed by atoms with E-state index in [1.165, 1.54) is 0 Å². The second-order valence-corrected chi connectivity index (χ2v) is 5.06. The number of carboxylic acid groups (broad SMARTS) is 1. The molecule has 0 spiro atoms. The maximum absolute atomic E-state index is 12.0. The summed E-state index contributed by atoms with van der Waals surface area (Å²) in [6, 6.07) is 5.73. The normalized spacial score (nSPS) is 21.0. The van der Waals surface area contributed by atoms with Crippen LogP contribution in [0, 0.1) is 6.92 Å². The van der Waals surface area contributed by atoms with Gasteiger partial charge in [0.1, 0.15) is 11.9 Å². The lowest BCUT2D eigenvalue weighted by Crippen LogP contribution is -2.35. The summed E-state index contributed by atoms with van der Waals surface area (Å²) in [7, 11) is 1.58. The number of carbonyl (C=O) groups is 2. The molecule has 0 aliphatic carbocycles. The van der Waals surface area contributed by atoms with Gasteiger partial charge in [-0.25, -0.2) is 4.79 Å². The number of ether oxygens (including phenoxy) is 2. The number of carboxylic acids is 1. The highest BCUT2D eigenvalue weighted by molar-refractivity contribution is 5.82. The molecule has 21 heavy (non-hydrogen) atoms. The highest BCUT2D eigenvalue weighted by Gasteiger charge is 2.34. The van der Waals surface area contributed by atoms with Gasteiger partial charge in [-0.1, -0.05) is 12.1 Å². The summed E-state index contributed by atoms with van der Waals surface area (Å²) >= 11 is 0. The molecule has 0 saturated carbocycles. The number of carbonyl (C=O) groups excluding carboxylic acids is 1. The molecule has 1 aliphatic rings. The van der Waals surface area contributed by atoms with E-state index < -0.39 is 18.2 Å². The Hall–Kier alpha value is -2.08. The van der Waals surface area contributed by atoms with Gasteiger partial charge in [-0.2, -0.15) is 0 Å². The minimum absolute atomic E-state index is 0.290. The average molecular weight is 293 g/mol. The van der Waals surface area contributed by atoms with Gasteiger partial charge >= 0.3 is 5.97 Å². The number of nitrogens with one attached hydrogen (secondary N) is 1. The summed E-state index contributed by atoms with van der Waals surface area (Å²) < 4.78 is 10.5. The van der Waals surface area contributed by atoms with Crippen molar-refractivity contribution < 1.29 is 24.2 Å². The topological polar surface area (TPSA) is 84.9 Å². The van der Waals surface area contributed by atoms with E-state index in [0.717, 1.165) is 11.1 Å². The van der Waals surface area contributed by atoms with E-state index >= 15 is 0 Å². The lowest BCUT2D eigenvalue weighted by atomic mass is 10.1. The van der Waals surface area contributed by atoms with Crippen molar-refractivity contribution in [2.24, 2.45) is 0 Å². The zero-order valence-electron chi connectivity index (χ0n) is 12.1. The van der Waals surface area contributed by atoms with Crippen LogP contribution in [-0.4, -0.2) is 36.3 Å². The number of amides is 1. The lowest BCUT2D eigenvalue weighted by molar-refractivity contribution is -0.151. The Morgan fingerprint density at radius 1 is 1.38 bits per heavy atom. The van der Waals surface area contributed by atoms with Gasteiger partial charge in [0.25, 0.3) is 0 Å². The Morgan fingerprint density at radius 3 is 2.71 bits per heavy atom. The molecular formula is C15H19NO5. The monoisotopic (exact) mass is 293 g/mol. The van der Waals surface area contributed by atoms with E-state index in [0.29, 0.717) is 25.1 Å². The van der Waals surface area contributed by atoms with E-state index in [9.17, 15) is 9.59 Å². The third-order valence-corrected chi connectivity index (χ3v) is 3.48. The van der Waals surface area contributed by atoms with Crippen LogP contribution >= 0.6 is 0 Å². The fraction of sp³-hybridized carbons (Fsp3) is 0.467. The van der Waals surface area contributed by atoms with Gasteiger partial charge in [0, 0.05) is 12.1 Å². The zero-order valence-corrected chi connectivity index (χ0v) is 12.1. The second-order valence-electron chi connectivity index (χ2n) is 5.06. The number of rotatable bonds is 5. The van der Waals surface area contributed by atoms with Crippen molar-refractivity contribution >= 4 is 11.9 Å². The smallest absolute Gasteiger partial charge is 0.332 e. The minimum Gasteiger partial charge on any atom is -0.496 e. The second kappa shape index (κ2) is 6.58. The third-order valence-electron chi connectivity index (χ3n) is 3.48. The first-order valence-corrected chi connectivity index (χ1v) is 6.80. The molecule has 6 nitrogen and oxygen atoms in total. The molecule has 1 heterocycles. The molecule has 2 rings (SSSR count). The fourth-order valence-electron chi connectivity index (χ4n) is 2.31. The molecule has 1 aromatic carbocycles. The summed E-state index contributed by atoms with van der Waals surface area (Å²) in [4.78, 5) is 22.8. The van der Waals surface area contributed by atoms with Crippen molar-refractivity contribution in [3.8, 4) is 5.75 Å². The van der Waals surface area contributed by atoms with Crippen molar-refractivity contribution in [1.29, 1.82) is 0 Å². The zero-order chi connectivity index (χ0) is 15.4. The van der Waals surface area contributed by atoms with Crippen LogP contribution in [-0.2, 0) is 20.9 Å². The molecule has 0 unspecified atom stereocenters. The van der Waals surface area contributed by atoms with Gasteiger partial charge in [0.2, 0.25) is 5.91 Å². The maximum atomic E-state index is 12.0. The molecule has 114 valence electrons. The van der Waals surface area contributed by atoms with E-state index in [1.54, 1.807) is 7.11 Å². The third kappa shape index (κ3) is 3.72. The van der Waals surface area contributed by atoms with Gasteiger partial charge < -0.3 is 19.9 Å². The minimum atomic E-state index is -1.02. The fourth-order valence-corrected chi connectivity index (χ4v) is 2.31. The molecular weight excluding hydrogens is 274 g/mol. The Morgan fingerprint density at radius 2 is 2.10 bits per heavy atom. The standard InChI is InChI=1S/C15H19NO5/c1-9-3-4-10(13(7-9)20-2)8-16-14(17)11-5-6-12(21-11)15(18)19/h3-4,7,11-12H,5-6,8H2,1-2H3,(H,16,17)(H,18,19)/t11-,12+/m0/s1. The average Bonchev–Trinajstić information content (AvgIpc) is 2.95. The predicted molar refractivity (Wildman–Crippen MR) is 75.1 cm³/mol. The van der Waals surface area contributed by atoms with E-state index in [1.807, 2.05) is 25.1 Å². The van der Waals surface area contributed by atoms with Crippen molar-refractivity contribution in [3.63, 3.8) is 0 Å². The quantitative estimate of drug-likeness (QED) is 0.853. The Bertz CT molecular complexity index is 543. The molecule has 0 bridgehead atoms. The molecule has 1 amide bonds. The number of hydrogen-bond acceptors (Lipinski definition) is 4. The molecule has 1 fully saturated rings. The number of hydrogen-bond donors (Lipinski definition) is 2. The molecule has 1 saturated heterocycles.